The van der Waals surface area contributed by atoms with Gasteiger partial charge in [-0.1, -0.05) is 32.0 Å². The average Bonchev–Trinajstić information content (AvgIpc) is 2.68. The highest BCUT2D eigenvalue weighted by Crippen LogP contribution is 2.27. The first-order valence-electron chi connectivity index (χ1n) is 9.02. The molecule has 3 rings (SSSR count). The predicted octanol–water partition coefficient (Wildman–Crippen LogP) is 3.52. The number of benzene rings is 1. The number of para-hydroxylation sites is 1. The molecule has 0 unspecified atom stereocenters. The summed E-state index contributed by atoms with van der Waals surface area (Å²) in [5.74, 6) is 1.65. The van der Waals surface area contributed by atoms with Gasteiger partial charge in [0.25, 0.3) is 0 Å². The fourth-order valence-electron chi connectivity index (χ4n) is 3.38. The van der Waals surface area contributed by atoms with Crippen molar-refractivity contribution in [2.24, 2.45) is 0 Å². The maximum atomic E-state index is 9.66. The minimum atomic E-state index is 0.206. The van der Waals surface area contributed by atoms with Crippen molar-refractivity contribution in [2.75, 3.05) is 18.0 Å². The van der Waals surface area contributed by atoms with Gasteiger partial charge in [-0.05, 0) is 30.5 Å². The van der Waals surface area contributed by atoms with E-state index in [0.717, 1.165) is 61.6 Å². The third-order valence-electron chi connectivity index (χ3n) is 4.73. The van der Waals surface area contributed by atoms with Crippen LogP contribution in [0.4, 0.5) is 5.82 Å². The monoisotopic (exact) mass is 336 g/mol. The van der Waals surface area contributed by atoms with Crippen molar-refractivity contribution < 1.29 is 4.74 Å². The Bertz CT molecular complexity index is 746. The highest BCUT2D eigenvalue weighted by atomic mass is 16.5. The molecule has 0 radical (unpaired) electrons. The number of nitrogens with zero attached hydrogens (tertiary/aromatic N) is 4. The van der Waals surface area contributed by atoms with Gasteiger partial charge in [0.2, 0.25) is 0 Å². The smallest absolute Gasteiger partial charge is 0.169 e. The zero-order chi connectivity index (χ0) is 17.6. The lowest BCUT2D eigenvalue weighted by Crippen LogP contribution is -2.39. The first kappa shape index (κ1) is 17.2. The number of anilines is 1. The van der Waals surface area contributed by atoms with Crippen molar-refractivity contribution in [1.29, 1.82) is 5.26 Å². The minimum absolute atomic E-state index is 0.206. The summed E-state index contributed by atoms with van der Waals surface area (Å²) in [6.07, 6.45) is 3.65. The van der Waals surface area contributed by atoms with Crippen LogP contribution in [0, 0.1) is 11.3 Å². The van der Waals surface area contributed by atoms with E-state index in [-0.39, 0.29) is 6.10 Å². The first-order chi connectivity index (χ1) is 12.3. The van der Waals surface area contributed by atoms with Crippen LogP contribution in [0.5, 0.6) is 5.75 Å². The van der Waals surface area contributed by atoms with Crippen molar-refractivity contribution in [3.8, 4) is 11.8 Å². The maximum Gasteiger partial charge on any atom is 0.169 e. The van der Waals surface area contributed by atoms with Crippen molar-refractivity contribution in [3.05, 3.63) is 47.2 Å². The normalized spacial score (nSPS) is 15.0. The summed E-state index contributed by atoms with van der Waals surface area (Å²) in [5, 5.41) is 18.4. The van der Waals surface area contributed by atoms with E-state index in [2.05, 4.69) is 35.0 Å². The molecule has 5 heteroatoms. The third kappa shape index (κ3) is 3.74. The maximum absolute atomic E-state index is 9.66. The molecule has 1 saturated heterocycles. The van der Waals surface area contributed by atoms with Gasteiger partial charge in [0.15, 0.2) is 5.82 Å². The third-order valence-corrected chi connectivity index (χ3v) is 4.73. The zero-order valence-corrected chi connectivity index (χ0v) is 14.9. The van der Waals surface area contributed by atoms with E-state index in [1.165, 1.54) is 0 Å². The van der Waals surface area contributed by atoms with E-state index in [1.807, 2.05) is 30.3 Å². The molecule has 1 fully saturated rings. The molecule has 5 nitrogen and oxygen atoms in total. The molecule has 0 spiro atoms. The van der Waals surface area contributed by atoms with E-state index in [0.29, 0.717) is 5.56 Å². The summed E-state index contributed by atoms with van der Waals surface area (Å²) in [5.41, 5.74) is 2.67. The zero-order valence-electron chi connectivity index (χ0n) is 14.9. The van der Waals surface area contributed by atoms with Gasteiger partial charge >= 0.3 is 0 Å². The number of hydrogen-bond acceptors (Lipinski definition) is 5. The molecule has 0 N–H and O–H groups in total. The van der Waals surface area contributed by atoms with Gasteiger partial charge in [-0.25, -0.2) is 0 Å². The molecule has 2 aromatic rings. The Kier molecular flexibility index (Phi) is 5.49. The molecule has 1 aliphatic rings. The van der Waals surface area contributed by atoms with Crippen LogP contribution in [0.3, 0.4) is 0 Å². The van der Waals surface area contributed by atoms with Crippen LogP contribution in [-0.2, 0) is 12.8 Å². The van der Waals surface area contributed by atoms with Crippen molar-refractivity contribution in [2.45, 2.75) is 45.6 Å². The molecular formula is C20H24N4O. The first-order valence-corrected chi connectivity index (χ1v) is 9.02. The molecule has 0 atom stereocenters. The van der Waals surface area contributed by atoms with E-state index in [9.17, 15) is 5.26 Å². The van der Waals surface area contributed by atoms with Gasteiger partial charge < -0.3 is 9.64 Å². The lowest BCUT2D eigenvalue weighted by Gasteiger charge is -2.33. The topological polar surface area (TPSA) is 62.0 Å². The Hall–Kier alpha value is -2.61. The van der Waals surface area contributed by atoms with E-state index >= 15 is 0 Å². The van der Waals surface area contributed by atoms with E-state index in [1.54, 1.807) is 0 Å². The molecule has 0 saturated carbocycles. The Morgan fingerprint density at radius 1 is 1.12 bits per heavy atom. The minimum Gasteiger partial charge on any atom is -0.490 e. The van der Waals surface area contributed by atoms with Gasteiger partial charge in [0.1, 0.15) is 23.5 Å². The molecule has 1 aliphatic heterocycles. The highest BCUT2D eigenvalue weighted by molar-refractivity contribution is 5.58. The van der Waals surface area contributed by atoms with Gasteiger partial charge in [-0.3, -0.25) is 0 Å². The molecule has 130 valence electrons. The predicted molar refractivity (Wildman–Crippen MR) is 97.8 cm³/mol. The molecule has 1 aromatic heterocycles. The van der Waals surface area contributed by atoms with Crippen LogP contribution in [0.1, 0.15) is 43.5 Å². The highest BCUT2D eigenvalue weighted by Gasteiger charge is 2.25. The van der Waals surface area contributed by atoms with Gasteiger partial charge in [-0.15, -0.1) is 5.10 Å². The number of rotatable bonds is 5. The second-order valence-electron chi connectivity index (χ2n) is 6.26. The fourth-order valence-corrected chi connectivity index (χ4v) is 3.38. The standard InChI is InChI=1S/C20H24N4O/c1-3-17-18(14-21)20(23-22-19(17)4-2)24-12-10-16(11-13-24)25-15-8-6-5-7-9-15/h5-9,16H,3-4,10-13H2,1-2H3. The van der Waals surface area contributed by atoms with Crippen LogP contribution in [0.2, 0.25) is 0 Å². The molecule has 0 amide bonds. The summed E-state index contributed by atoms with van der Waals surface area (Å²) in [7, 11) is 0. The van der Waals surface area contributed by atoms with Crippen LogP contribution in [0.15, 0.2) is 30.3 Å². The van der Waals surface area contributed by atoms with Crippen LogP contribution >= 0.6 is 0 Å². The van der Waals surface area contributed by atoms with Crippen LogP contribution < -0.4 is 9.64 Å². The summed E-state index contributed by atoms with van der Waals surface area (Å²) >= 11 is 0. The van der Waals surface area contributed by atoms with Gasteiger partial charge in [0, 0.05) is 25.9 Å². The summed E-state index contributed by atoms with van der Waals surface area (Å²) in [4.78, 5) is 2.18. The number of ether oxygens (including phenoxy) is 1. The number of piperidine rings is 1. The molecule has 1 aromatic carbocycles. The second kappa shape index (κ2) is 7.98. The number of aromatic nitrogens is 2. The van der Waals surface area contributed by atoms with E-state index in [4.69, 9.17) is 4.74 Å². The molecule has 0 bridgehead atoms. The summed E-state index contributed by atoms with van der Waals surface area (Å²) in [6, 6.07) is 12.3. The van der Waals surface area contributed by atoms with Gasteiger partial charge in [0.05, 0.1) is 5.69 Å². The van der Waals surface area contributed by atoms with Crippen LogP contribution in [-0.4, -0.2) is 29.4 Å². The summed E-state index contributed by atoms with van der Waals surface area (Å²) in [6.45, 7) is 5.78. The Morgan fingerprint density at radius 3 is 2.44 bits per heavy atom. The second-order valence-corrected chi connectivity index (χ2v) is 6.26. The molecule has 0 aliphatic carbocycles. The van der Waals surface area contributed by atoms with Crippen molar-refractivity contribution in [3.63, 3.8) is 0 Å². The Labute approximate surface area is 149 Å². The van der Waals surface area contributed by atoms with Crippen molar-refractivity contribution >= 4 is 5.82 Å². The Morgan fingerprint density at radius 2 is 1.84 bits per heavy atom. The van der Waals surface area contributed by atoms with Gasteiger partial charge in [-0.2, -0.15) is 10.4 Å². The number of aryl methyl sites for hydroxylation is 1. The largest absolute Gasteiger partial charge is 0.490 e. The van der Waals surface area contributed by atoms with E-state index < -0.39 is 0 Å². The average molecular weight is 336 g/mol. The lowest BCUT2D eigenvalue weighted by atomic mass is 10.0. The summed E-state index contributed by atoms with van der Waals surface area (Å²) < 4.78 is 6.05. The SMILES string of the molecule is CCc1nnc(N2CCC(Oc3ccccc3)CC2)c(C#N)c1CC. The molecule has 25 heavy (non-hydrogen) atoms. The molecule has 2 heterocycles. The Balaban J connectivity index is 1.72. The van der Waals surface area contributed by atoms with Crippen LogP contribution in [0.25, 0.3) is 0 Å². The number of hydrogen-bond donors (Lipinski definition) is 0. The lowest BCUT2D eigenvalue weighted by molar-refractivity contribution is 0.170. The number of nitriles is 1. The van der Waals surface area contributed by atoms with Crippen molar-refractivity contribution in [1.82, 2.24) is 10.2 Å². The fraction of sp³-hybridized carbons (Fsp3) is 0.450. The molecular weight excluding hydrogens is 312 g/mol. The quantitative estimate of drug-likeness (QED) is 0.836.